The van der Waals surface area contributed by atoms with Gasteiger partial charge in [-0.2, -0.15) is 10.1 Å². The molecule has 1 aliphatic rings. The molecule has 9 heteroatoms. The SMILES string of the molecule is O=c1[nH]c2cc(-c3nc(-c4cccnn4)no3)ccc2n1C1CCC(O)CC1. The Kier molecular flexibility index (Phi) is 4.01. The van der Waals surface area contributed by atoms with E-state index in [0.29, 0.717) is 28.5 Å². The van der Waals surface area contributed by atoms with Gasteiger partial charge in [-0.25, -0.2) is 4.79 Å². The molecule has 0 spiro atoms. The summed E-state index contributed by atoms with van der Waals surface area (Å²) in [5.74, 6) is 0.701. The zero-order chi connectivity index (χ0) is 19.1. The van der Waals surface area contributed by atoms with Gasteiger partial charge in [-0.05, 0) is 56.0 Å². The van der Waals surface area contributed by atoms with Gasteiger partial charge in [-0.15, -0.1) is 5.10 Å². The minimum atomic E-state index is -0.259. The summed E-state index contributed by atoms with van der Waals surface area (Å²) in [5.41, 5.74) is 2.65. The molecule has 0 bridgehead atoms. The van der Waals surface area contributed by atoms with E-state index in [-0.39, 0.29) is 17.8 Å². The average Bonchev–Trinajstić information content (AvgIpc) is 3.33. The van der Waals surface area contributed by atoms with E-state index in [4.69, 9.17) is 4.52 Å². The number of benzene rings is 1. The minimum Gasteiger partial charge on any atom is -0.393 e. The third kappa shape index (κ3) is 2.89. The van der Waals surface area contributed by atoms with Crippen molar-refractivity contribution >= 4 is 11.0 Å². The Hall–Kier alpha value is -3.33. The molecule has 0 amide bonds. The Labute approximate surface area is 159 Å². The van der Waals surface area contributed by atoms with Crippen molar-refractivity contribution in [2.45, 2.75) is 37.8 Å². The molecule has 1 aliphatic carbocycles. The monoisotopic (exact) mass is 378 g/mol. The topological polar surface area (TPSA) is 123 Å². The highest BCUT2D eigenvalue weighted by atomic mass is 16.5. The van der Waals surface area contributed by atoms with Gasteiger partial charge in [0, 0.05) is 17.8 Å². The van der Waals surface area contributed by atoms with Crippen molar-refractivity contribution < 1.29 is 9.63 Å². The van der Waals surface area contributed by atoms with Crippen molar-refractivity contribution in [1.82, 2.24) is 29.9 Å². The van der Waals surface area contributed by atoms with Crippen LogP contribution in [0.4, 0.5) is 0 Å². The van der Waals surface area contributed by atoms with Crippen LogP contribution in [0.2, 0.25) is 0 Å². The molecule has 9 nitrogen and oxygen atoms in total. The largest absolute Gasteiger partial charge is 0.393 e. The quantitative estimate of drug-likeness (QED) is 0.561. The molecular formula is C19H18N6O3. The molecule has 4 aromatic rings. The molecule has 1 saturated carbocycles. The molecule has 2 N–H and O–H groups in total. The predicted octanol–water partition coefficient (Wildman–Crippen LogP) is 2.31. The number of aliphatic hydroxyl groups is 1. The fraction of sp³-hybridized carbons (Fsp3) is 0.316. The Bertz CT molecular complexity index is 1170. The van der Waals surface area contributed by atoms with Gasteiger partial charge in [0.1, 0.15) is 5.69 Å². The molecule has 1 fully saturated rings. The maximum Gasteiger partial charge on any atom is 0.326 e. The first-order valence-electron chi connectivity index (χ1n) is 9.23. The van der Waals surface area contributed by atoms with Gasteiger partial charge in [0.15, 0.2) is 0 Å². The van der Waals surface area contributed by atoms with Crippen molar-refractivity contribution in [2.75, 3.05) is 0 Å². The summed E-state index contributed by atoms with van der Waals surface area (Å²) in [6.45, 7) is 0. The standard InChI is InChI=1S/C19H18N6O3/c26-13-6-4-12(5-7-13)25-16-8-3-11(10-15(16)21-19(25)27)18-22-17(24-28-18)14-2-1-9-20-23-14/h1-3,8-10,12-13,26H,4-7H2,(H,21,27). The number of aromatic nitrogens is 6. The second kappa shape index (κ2) is 6.68. The Morgan fingerprint density at radius 1 is 1.18 bits per heavy atom. The lowest BCUT2D eigenvalue weighted by atomic mass is 9.93. The van der Waals surface area contributed by atoms with Crippen LogP contribution in [-0.2, 0) is 0 Å². The van der Waals surface area contributed by atoms with E-state index in [1.54, 1.807) is 22.9 Å². The highest BCUT2D eigenvalue weighted by Crippen LogP contribution is 2.31. The van der Waals surface area contributed by atoms with Crippen LogP contribution in [-0.4, -0.2) is 41.1 Å². The van der Waals surface area contributed by atoms with Crippen LogP contribution in [0.5, 0.6) is 0 Å². The van der Waals surface area contributed by atoms with Crippen molar-refractivity contribution in [3.63, 3.8) is 0 Å². The first kappa shape index (κ1) is 16.8. The molecule has 142 valence electrons. The molecule has 0 atom stereocenters. The number of hydrogen-bond donors (Lipinski definition) is 2. The van der Waals surface area contributed by atoms with Gasteiger partial charge in [0.05, 0.1) is 17.1 Å². The van der Waals surface area contributed by atoms with Gasteiger partial charge < -0.3 is 14.6 Å². The summed E-state index contributed by atoms with van der Waals surface area (Å²) >= 11 is 0. The van der Waals surface area contributed by atoms with E-state index in [9.17, 15) is 9.90 Å². The smallest absolute Gasteiger partial charge is 0.326 e. The summed E-state index contributed by atoms with van der Waals surface area (Å²) in [5, 5.41) is 21.5. The molecule has 0 saturated heterocycles. The summed E-state index contributed by atoms with van der Waals surface area (Å²) in [6, 6.07) is 9.18. The van der Waals surface area contributed by atoms with E-state index in [2.05, 4.69) is 25.3 Å². The lowest BCUT2D eigenvalue weighted by Crippen LogP contribution is -2.27. The van der Waals surface area contributed by atoms with Crippen LogP contribution in [0.25, 0.3) is 34.0 Å². The van der Waals surface area contributed by atoms with Crippen LogP contribution in [0, 0.1) is 0 Å². The summed E-state index contributed by atoms with van der Waals surface area (Å²) in [4.78, 5) is 19.8. The van der Waals surface area contributed by atoms with Gasteiger partial charge in [-0.3, -0.25) is 4.57 Å². The number of H-pyrrole nitrogens is 1. The maximum atomic E-state index is 12.5. The van der Waals surface area contributed by atoms with Crippen molar-refractivity contribution in [1.29, 1.82) is 0 Å². The Morgan fingerprint density at radius 3 is 2.82 bits per heavy atom. The average molecular weight is 378 g/mol. The second-order valence-electron chi connectivity index (χ2n) is 7.03. The molecular weight excluding hydrogens is 360 g/mol. The van der Waals surface area contributed by atoms with Gasteiger partial charge in [-0.1, -0.05) is 5.16 Å². The lowest BCUT2D eigenvalue weighted by molar-refractivity contribution is 0.111. The number of aromatic amines is 1. The zero-order valence-corrected chi connectivity index (χ0v) is 14.9. The predicted molar refractivity (Wildman–Crippen MR) is 100 cm³/mol. The molecule has 3 aromatic heterocycles. The third-order valence-corrected chi connectivity index (χ3v) is 5.22. The van der Waals surface area contributed by atoms with Crippen LogP contribution in [0.15, 0.2) is 45.8 Å². The van der Waals surface area contributed by atoms with E-state index < -0.39 is 0 Å². The fourth-order valence-corrected chi connectivity index (χ4v) is 3.81. The van der Waals surface area contributed by atoms with Gasteiger partial charge in [0.2, 0.25) is 5.82 Å². The number of nitrogens with one attached hydrogen (secondary N) is 1. The number of nitrogens with zero attached hydrogens (tertiary/aromatic N) is 5. The summed E-state index contributed by atoms with van der Waals surface area (Å²) in [7, 11) is 0. The van der Waals surface area contributed by atoms with E-state index in [1.165, 1.54) is 0 Å². The Balaban J connectivity index is 1.50. The molecule has 3 heterocycles. The van der Waals surface area contributed by atoms with Crippen molar-refractivity contribution in [2.24, 2.45) is 0 Å². The Morgan fingerprint density at radius 2 is 2.04 bits per heavy atom. The highest BCUT2D eigenvalue weighted by Gasteiger charge is 2.24. The summed E-state index contributed by atoms with van der Waals surface area (Å²) < 4.78 is 7.16. The van der Waals surface area contributed by atoms with E-state index >= 15 is 0 Å². The van der Waals surface area contributed by atoms with Crippen LogP contribution in [0.3, 0.4) is 0 Å². The van der Waals surface area contributed by atoms with Crippen molar-refractivity contribution in [3.05, 3.63) is 47.0 Å². The van der Waals surface area contributed by atoms with Crippen LogP contribution in [0.1, 0.15) is 31.7 Å². The van der Waals surface area contributed by atoms with Crippen LogP contribution >= 0.6 is 0 Å². The molecule has 1 aromatic carbocycles. The number of rotatable bonds is 3. The highest BCUT2D eigenvalue weighted by molar-refractivity contribution is 5.80. The van der Waals surface area contributed by atoms with Gasteiger partial charge >= 0.3 is 5.69 Å². The lowest BCUT2D eigenvalue weighted by Gasteiger charge is -2.26. The first-order valence-corrected chi connectivity index (χ1v) is 9.23. The molecule has 0 aliphatic heterocycles. The van der Waals surface area contributed by atoms with Crippen LogP contribution < -0.4 is 5.69 Å². The number of hydrogen-bond acceptors (Lipinski definition) is 7. The summed E-state index contributed by atoms with van der Waals surface area (Å²) in [6.07, 6.45) is 4.34. The van der Waals surface area contributed by atoms with Gasteiger partial charge in [0.25, 0.3) is 5.89 Å². The normalized spacial score (nSPS) is 19.9. The molecule has 0 radical (unpaired) electrons. The van der Waals surface area contributed by atoms with E-state index in [0.717, 1.165) is 31.2 Å². The number of imidazole rings is 1. The second-order valence-corrected chi connectivity index (χ2v) is 7.03. The van der Waals surface area contributed by atoms with Crippen molar-refractivity contribution in [3.8, 4) is 23.0 Å². The number of fused-ring (bicyclic) bond motifs is 1. The minimum absolute atomic E-state index is 0.0992. The third-order valence-electron chi connectivity index (χ3n) is 5.22. The van der Waals surface area contributed by atoms with E-state index in [1.807, 2.05) is 18.2 Å². The number of aliphatic hydroxyl groups excluding tert-OH is 1. The zero-order valence-electron chi connectivity index (χ0n) is 14.9. The molecule has 28 heavy (non-hydrogen) atoms. The first-order chi connectivity index (χ1) is 13.7. The maximum absolute atomic E-state index is 12.5. The molecule has 0 unspecified atom stereocenters. The molecule has 5 rings (SSSR count). The fourth-order valence-electron chi connectivity index (χ4n) is 3.81.